The Morgan fingerprint density at radius 1 is 1.12 bits per heavy atom. The van der Waals surface area contributed by atoms with Gasteiger partial charge in [-0.3, -0.25) is 4.79 Å². The molecule has 0 spiro atoms. The van der Waals surface area contributed by atoms with Gasteiger partial charge in [-0.2, -0.15) is 0 Å². The molecule has 0 fully saturated rings. The molecule has 138 valence electrons. The van der Waals surface area contributed by atoms with Crippen LogP contribution in [0, 0.1) is 5.82 Å². The van der Waals surface area contributed by atoms with Crippen molar-refractivity contribution in [3.8, 4) is 17.2 Å². The van der Waals surface area contributed by atoms with Gasteiger partial charge in [0.2, 0.25) is 5.91 Å². The molecular formula is C19H20FNO4S. The summed E-state index contributed by atoms with van der Waals surface area (Å²) in [4.78, 5) is 12.9. The molecule has 3 rings (SSSR count). The topological polar surface area (TPSA) is 56.8 Å². The Morgan fingerprint density at radius 2 is 1.88 bits per heavy atom. The predicted octanol–water partition coefficient (Wildman–Crippen LogP) is 3.27. The number of carbonyl (C=O) groups is 1. The standard InChI is InChI=1S/C19H20FNO4S/c20-14-2-4-15(5-3-14)23-9-1-8-21-19(22)13-26-16-6-7-17-18(12-16)25-11-10-24-17/h2-7,12H,1,8-11,13H2,(H,21,22). The molecule has 26 heavy (non-hydrogen) atoms. The normalized spacial score (nSPS) is 12.5. The van der Waals surface area contributed by atoms with E-state index < -0.39 is 0 Å². The van der Waals surface area contributed by atoms with Gasteiger partial charge in [-0.25, -0.2) is 4.39 Å². The molecule has 2 aromatic carbocycles. The van der Waals surface area contributed by atoms with Crippen molar-refractivity contribution in [3.05, 3.63) is 48.3 Å². The summed E-state index contributed by atoms with van der Waals surface area (Å²) in [6.45, 7) is 2.09. The molecule has 5 nitrogen and oxygen atoms in total. The van der Waals surface area contributed by atoms with E-state index in [2.05, 4.69) is 5.32 Å². The Morgan fingerprint density at radius 3 is 2.69 bits per heavy atom. The van der Waals surface area contributed by atoms with E-state index in [4.69, 9.17) is 14.2 Å². The van der Waals surface area contributed by atoms with Gasteiger partial charge in [-0.1, -0.05) is 0 Å². The Hall–Kier alpha value is -2.41. The molecule has 0 atom stereocenters. The lowest BCUT2D eigenvalue weighted by Gasteiger charge is -2.18. The zero-order valence-corrected chi connectivity index (χ0v) is 15.0. The molecule has 1 aliphatic rings. The van der Waals surface area contributed by atoms with Gasteiger partial charge in [0.1, 0.15) is 24.8 Å². The van der Waals surface area contributed by atoms with E-state index in [1.807, 2.05) is 18.2 Å². The van der Waals surface area contributed by atoms with Gasteiger partial charge in [0.05, 0.1) is 12.4 Å². The highest BCUT2D eigenvalue weighted by atomic mass is 32.2. The van der Waals surface area contributed by atoms with E-state index in [0.717, 1.165) is 16.4 Å². The van der Waals surface area contributed by atoms with Crippen LogP contribution in [0.15, 0.2) is 47.4 Å². The van der Waals surface area contributed by atoms with Crippen LogP contribution in [0.2, 0.25) is 0 Å². The first kappa shape index (κ1) is 18.4. The molecular weight excluding hydrogens is 357 g/mol. The number of carbonyl (C=O) groups excluding carboxylic acids is 1. The molecule has 0 aromatic heterocycles. The van der Waals surface area contributed by atoms with Gasteiger partial charge < -0.3 is 19.5 Å². The van der Waals surface area contributed by atoms with Crippen molar-refractivity contribution in [1.29, 1.82) is 0 Å². The number of ether oxygens (including phenoxy) is 3. The highest BCUT2D eigenvalue weighted by Gasteiger charge is 2.12. The number of rotatable bonds is 8. The summed E-state index contributed by atoms with van der Waals surface area (Å²) < 4.78 is 29.3. The zero-order valence-electron chi connectivity index (χ0n) is 14.2. The maximum absolute atomic E-state index is 12.8. The molecule has 2 aromatic rings. The molecule has 7 heteroatoms. The SMILES string of the molecule is O=C(CSc1ccc2c(c1)OCCO2)NCCCOc1ccc(F)cc1. The number of nitrogens with one attached hydrogen (secondary N) is 1. The summed E-state index contributed by atoms with van der Waals surface area (Å²) in [6, 6.07) is 11.5. The first-order valence-corrected chi connectivity index (χ1v) is 9.37. The quantitative estimate of drug-likeness (QED) is 0.565. The summed E-state index contributed by atoms with van der Waals surface area (Å²) in [7, 11) is 0. The molecule has 1 N–H and O–H groups in total. The zero-order chi connectivity index (χ0) is 18.2. The highest BCUT2D eigenvalue weighted by Crippen LogP contribution is 2.34. The average molecular weight is 377 g/mol. The van der Waals surface area contributed by atoms with Crippen molar-refractivity contribution < 1.29 is 23.4 Å². The summed E-state index contributed by atoms with van der Waals surface area (Å²) in [5.74, 6) is 2.09. The number of hydrogen-bond acceptors (Lipinski definition) is 5. The van der Waals surface area contributed by atoms with Crippen LogP contribution < -0.4 is 19.5 Å². The largest absolute Gasteiger partial charge is 0.494 e. The van der Waals surface area contributed by atoms with Gasteiger partial charge in [0.25, 0.3) is 0 Å². The van der Waals surface area contributed by atoms with Crippen LogP contribution in [0.1, 0.15) is 6.42 Å². The van der Waals surface area contributed by atoms with Crippen LogP contribution in [-0.2, 0) is 4.79 Å². The van der Waals surface area contributed by atoms with E-state index >= 15 is 0 Å². The second-order valence-corrected chi connectivity index (χ2v) is 6.65. The lowest BCUT2D eigenvalue weighted by Crippen LogP contribution is -2.27. The number of hydrogen-bond donors (Lipinski definition) is 1. The van der Waals surface area contributed by atoms with E-state index in [9.17, 15) is 9.18 Å². The van der Waals surface area contributed by atoms with Crippen molar-refractivity contribution in [1.82, 2.24) is 5.32 Å². The van der Waals surface area contributed by atoms with Crippen LogP contribution in [0.25, 0.3) is 0 Å². The minimum absolute atomic E-state index is 0.0355. The second-order valence-electron chi connectivity index (χ2n) is 5.60. The monoisotopic (exact) mass is 377 g/mol. The Kier molecular flexibility index (Phi) is 6.60. The molecule has 1 amide bonds. The second kappa shape index (κ2) is 9.33. The minimum atomic E-state index is -0.292. The van der Waals surface area contributed by atoms with Crippen molar-refractivity contribution in [2.75, 3.05) is 32.1 Å². The Labute approximate surface area is 155 Å². The van der Waals surface area contributed by atoms with E-state index in [-0.39, 0.29) is 11.7 Å². The maximum atomic E-state index is 12.8. The van der Waals surface area contributed by atoms with E-state index in [0.29, 0.717) is 44.3 Å². The van der Waals surface area contributed by atoms with E-state index in [1.54, 1.807) is 12.1 Å². The van der Waals surface area contributed by atoms with Gasteiger partial charge >= 0.3 is 0 Å². The highest BCUT2D eigenvalue weighted by molar-refractivity contribution is 8.00. The molecule has 1 heterocycles. The van der Waals surface area contributed by atoms with Crippen LogP contribution in [-0.4, -0.2) is 38.0 Å². The van der Waals surface area contributed by atoms with Crippen LogP contribution in [0.5, 0.6) is 17.2 Å². The lowest BCUT2D eigenvalue weighted by atomic mass is 10.3. The molecule has 0 aliphatic carbocycles. The van der Waals surface area contributed by atoms with Crippen molar-refractivity contribution in [2.45, 2.75) is 11.3 Å². The third-order valence-corrected chi connectivity index (χ3v) is 4.60. The smallest absolute Gasteiger partial charge is 0.230 e. The lowest BCUT2D eigenvalue weighted by molar-refractivity contribution is -0.118. The van der Waals surface area contributed by atoms with Crippen molar-refractivity contribution in [2.24, 2.45) is 0 Å². The number of benzene rings is 2. The molecule has 0 unspecified atom stereocenters. The van der Waals surface area contributed by atoms with Gasteiger partial charge in [0, 0.05) is 11.4 Å². The number of halogens is 1. The van der Waals surface area contributed by atoms with Gasteiger partial charge in [0.15, 0.2) is 11.5 Å². The first-order valence-electron chi connectivity index (χ1n) is 8.38. The van der Waals surface area contributed by atoms with E-state index in [1.165, 1.54) is 23.9 Å². The van der Waals surface area contributed by atoms with Crippen molar-refractivity contribution >= 4 is 17.7 Å². The predicted molar refractivity (Wildman–Crippen MR) is 97.7 cm³/mol. The van der Waals surface area contributed by atoms with Gasteiger partial charge in [-0.15, -0.1) is 11.8 Å². The van der Waals surface area contributed by atoms with Gasteiger partial charge in [-0.05, 0) is 48.9 Å². The van der Waals surface area contributed by atoms with Crippen LogP contribution in [0.3, 0.4) is 0 Å². The first-order chi connectivity index (χ1) is 12.7. The molecule has 0 bridgehead atoms. The molecule has 0 saturated carbocycles. The molecule has 0 saturated heterocycles. The number of thioether (sulfide) groups is 1. The Balaban J connectivity index is 1.31. The summed E-state index contributed by atoms with van der Waals surface area (Å²) >= 11 is 1.45. The number of amides is 1. The summed E-state index contributed by atoms with van der Waals surface area (Å²) in [5, 5.41) is 2.85. The third-order valence-electron chi connectivity index (χ3n) is 3.61. The van der Waals surface area contributed by atoms with Crippen molar-refractivity contribution in [3.63, 3.8) is 0 Å². The van der Waals surface area contributed by atoms with Crippen LogP contribution in [0.4, 0.5) is 4.39 Å². The third kappa shape index (κ3) is 5.56. The summed E-state index contributed by atoms with van der Waals surface area (Å²) in [5.41, 5.74) is 0. The summed E-state index contributed by atoms with van der Waals surface area (Å²) in [6.07, 6.45) is 0.678. The minimum Gasteiger partial charge on any atom is -0.494 e. The fourth-order valence-corrected chi connectivity index (χ4v) is 3.09. The maximum Gasteiger partial charge on any atom is 0.230 e. The number of fused-ring (bicyclic) bond motifs is 1. The Bertz CT molecular complexity index is 739. The van der Waals surface area contributed by atoms with Crippen LogP contribution >= 0.6 is 11.8 Å². The fraction of sp³-hybridized carbons (Fsp3) is 0.316. The average Bonchev–Trinajstić information content (AvgIpc) is 2.67. The molecule has 0 radical (unpaired) electrons. The molecule has 1 aliphatic heterocycles. The fourth-order valence-electron chi connectivity index (χ4n) is 2.33.